The number of benzene rings is 1. The number of carbonyl (C=O) groups excluding carboxylic acids is 1. The molecule has 0 aliphatic carbocycles. The first-order chi connectivity index (χ1) is 12.2. The zero-order chi connectivity index (χ0) is 17.6. The fourth-order valence-corrected chi connectivity index (χ4v) is 2.80. The van der Waals surface area contributed by atoms with E-state index in [9.17, 15) is 4.79 Å². The highest BCUT2D eigenvalue weighted by Crippen LogP contribution is 2.21. The van der Waals surface area contributed by atoms with Gasteiger partial charge in [-0.1, -0.05) is 36.4 Å². The number of aromatic nitrogens is 4. The number of aryl methyl sites for hydroxylation is 2. The van der Waals surface area contributed by atoms with Crippen molar-refractivity contribution < 1.29 is 9.32 Å². The Morgan fingerprint density at radius 3 is 2.76 bits per heavy atom. The van der Waals surface area contributed by atoms with Crippen LogP contribution in [0.1, 0.15) is 29.7 Å². The summed E-state index contributed by atoms with van der Waals surface area (Å²) in [6, 6.07) is 6.93. The van der Waals surface area contributed by atoms with Crippen LogP contribution in [0, 0.1) is 0 Å². The summed E-state index contributed by atoms with van der Waals surface area (Å²) in [6.45, 7) is 4.31. The molecule has 1 aromatic carbocycles. The molecular formula is C16H18N6O2S. The second-order valence-corrected chi connectivity index (χ2v) is 6.35. The lowest BCUT2D eigenvalue weighted by atomic mass is 10.2. The molecule has 0 radical (unpaired) electrons. The predicted molar refractivity (Wildman–Crippen MR) is 94.3 cm³/mol. The summed E-state index contributed by atoms with van der Waals surface area (Å²) in [6.07, 6.45) is 1.54. The lowest BCUT2D eigenvalue weighted by Gasteiger charge is -2.06. The van der Waals surface area contributed by atoms with E-state index < -0.39 is 0 Å². The molecule has 130 valence electrons. The average Bonchev–Trinajstić information content (AvgIpc) is 3.29. The topological polar surface area (TPSA) is 106 Å². The van der Waals surface area contributed by atoms with Crippen LogP contribution >= 0.6 is 11.3 Å². The van der Waals surface area contributed by atoms with Crippen molar-refractivity contribution >= 4 is 23.1 Å². The summed E-state index contributed by atoms with van der Waals surface area (Å²) in [7, 11) is 0. The second kappa shape index (κ2) is 7.84. The van der Waals surface area contributed by atoms with E-state index in [1.807, 2.05) is 26.0 Å². The van der Waals surface area contributed by atoms with Gasteiger partial charge in [-0.25, -0.2) is 4.79 Å². The maximum absolute atomic E-state index is 12.0. The van der Waals surface area contributed by atoms with Crippen molar-refractivity contribution in [2.75, 3.05) is 5.32 Å². The maximum atomic E-state index is 12.0. The number of hydrogen-bond acceptors (Lipinski definition) is 7. The minimum atomic E-state index is -0.315. The summed E-state index contributed by atoms with van der Waals surface area (Å²) in [4.78, 5) is 16.3. The number of urea groups is 1. The van der Waals surface area contributed by atoms with Crippen molar-refractivity contribution in [3.63, 3.8) is 0 Å². The van der Waals surface area contributed by atoms with E-state index >= 15 is 0 Å². The number of nitrogens with one attached hydrogen (secondary N) is 2. The van der Waals surface area contributed by atoms with Crippen molar-refractivity contribution in [1.82, 2.24) is 25.7 Å². The van der Waals surface area contributed by atoms with Gasteiger partial charge in [0, 0.05) is 17.7 Å². The molecule has 0 fully saturated rings. The Kier molecular flexibility index (Phi) is 5.34. The van der Waals surface area contributed by atoms with E-state index in [0.717, 1.165) is 22.0 Å². The normalized spacial score (nSPS) is 10.6. The number of carbonyl (C=O) groups is 1. The number of nitrogens with zero attached hydrogens (tertiary/aromatic N) is 4. The predicted octanol–water partition coefficient (Wildman–Crippen LogP) is 3.03. The Morgan fingerprint density at radius 2 is 2.04 bits per heavy atom. The molecule has 8 nitrogen and oxygen atoms in total. The highest BCUT2D eigenvalue weighted by molar-refractivity contribution is 7.11. The van der Waals surface area contributed by atoms with Gasteiger partial charge in [0.05, 0.1) is 6.54 Å². The number of hydrogen-bond donors (Lipinski definition) is 2. The van der Waals surface area contributed by atoms with Crippen LogP contribution in [0.4, 0.5) is 10.5 Å². The van der Waals surface area contributed by atoms with Crippen molar-refractivity contribution in [3.8, 4) is 11.5 Å². The van der Waals surface area contributed by atoms with Gasteiger partial charge < -0.3 is 15.2 Å². The zero-order valence-electron chi connectivity index (χ0n) is 13.9. The van der Waals surface area contributed by atoms with Crippen LogP contribution in [-0.4, -0.2) is 26.4 Å². The second-order valence-electron chi connectivity index (χ2n) is 5.20. The molecule has 0 saturated carbocycles. The summed E-state index contributed by atoms with van der Waals surface area (Å²) in [5.74, 6) is 1.08. The highest BCUT2D eigenvalue weighted by Gasteiger charge is 2.10. The number of rotatable bonds is 6. The minimum Gasteiger partial charge on any atom is -0.334 e. The third kappa shape index (κ3) is 4.38. The van der Waals surface area contributed by atoms with Gasteiger partial charge in [-0.05, 0) is 24.6 Å². The van der Waals surface area contributed by atoms with Crippen LogP contribution in [0.2, 0.25) is 0 Å². The van der Waals surface area contributed by atoms with E-state index in [4.69, 9.17) is 4.52 Å². The third-order valence-electron chi connectivity index (χ3n) is 3.36. The maximum Gasteiger partial charge on any atom is 0.319 e. The molecular weight excluding hydrogens is 340 g/mol. The largest absolute Gasteiger partial charge is 0.334 e. The van der Waals surface area contributed by atoms with Gasteiger partial charge in [-0.3, -0.25) is 0 Å². The first kappa shape index (κ1) is 17.0. The first-order valence-corrected chi connectivity index (χ1v) is 8.78. The molecule has 0 atom stereocenters. The Hall–Kier alpha value is -2.81. The number of anilines is 1. The smallest absolute Gasteiger partial charge is 0.319 e. The molecule has 3 rings (SSSR count). The first-order valence-electron chi connectivity index (χ1n) is 7.97. The van der Waals surface area contributed by atoms with Crippen LogP contribution in [0.5, 0.6) is 0 Å². The zero-order valence-corrected chi connectivity index (χ0v) is 14.8. The van der Waals surface area contributed by atoms with Crippen LogP contribution in [-0.2, 0) is 19.4 Å². The number of amides is 2. The Morgan fingerprint density at radius 1 is 1.20 bits per heavy atom. The summed E-state index contributed by atoms with van der Waals surface area (Å²) in [5, 5.41) is 19.2. The average molecular weight is 358 g/mol. The van der Waals surface area contributed by atoms with Gasteiger partial charge in [0.2, 0.25) is 0 Å². The molecule has 2 heterocycles. The van der Waals surface area contributed by atoms with Crippen LogP contribution in [0.25, 0.3) is 11.5 Å². The summed E-state index contributed by atoms with van der Waals surface area (Å²) < 4.78 is 5.22. The summed E-state index contributed by atoms with van der Waals surface area (Å²) in [5.41, 5.74) is 1.39. The Balaban J connectivity index is 1.60. The monoisotopic (exact) mass is 358 g/mol. The van der Waals surface area contributed by atoms with Crippen LogP contribution in [0.15, 0.2) is 28.8 Å². The van der Waals surface area contributed by atoms with Gasteiger partial charge in [-0.15, -0.1) is 10.2 Å². The molecule has 0 spiro atoms. The minimum absolute atomic E-state index is 0.315. The molecule has 0 bridgehead atoms. The molecule has 25 heavy (non-hydrogen) atoms. The standard InChI is InChI=1S/C16H18N6O2S/c1-3-12-19-15(24-22-12)10-6-5-7-11(8-10)18-16(23)17-9-14-21-20-13(4-2)25-14/h5-8H,3-4,9H2,1-2H3,(H2,17,18,23). The van der Waals surface area contributed by atoms with E-state index in [1.165, 1.54) is 11.3 Å². The van der Waals surface area contributed by atoms with Gasteiger partial charge in [0.15, 0.2) is 5.82 Å². The fraction of sp³-hybridized carbons (Fsp3) is 0.312. The Bertz CT molecular complexity index is 860. The molecule has 0 aliphatic rings. The van der Waals surface area contributed by atoms with Crippen LogP contribution < -0.4 is 10.6 Å². The van der Waals surface area contributed by atoms with Gasteiger partial charge >= 0.3 is 6.03 Å². The third-order valence-corrected chi connectivity index (χ3v) is 4.43. The van der Waals surface area contributed by atoms with Gasteiger partial charge in [0.25, 0.3) is 5.89 Å². The van der Waals surface area contributed by atoms with Crippen molar-refractivity contribution in [2.45, 2.75) is 33.2 Å². The molecule has 0 unspecified atom stereocenters. The Labute approximate surface area is 148 Å². The van der Waals surface area contributed by atoms with E-state index in [0.29, 0.717) is 30.4 Å². The summed E-state index contributed by atoms with van der Waals surface area (Å²) >= 11 is 1.49. The molecule has 2 aromatic heterocycles. The lowest BCUT2D eigenvalue weighted by molar-refractivity contribution is 0.251. The van der Waals surface area contributed by atoms with Crippen molar-refractivity contribution in [3.05, 3.63) is 40.1 Å². The van der Waals surface area contributed by atoms with E-state index in [2.05, 4.69) is 31.0 Å². The SMILES string of the molecule is CCc1noc(-c2cccc(NC(=O)NCc3nnc(CC)s3)c2)n1. The van der Waals surface area contributed by atoms with Gasteiger partial charge in [0.1, 0.15) is 10.0 Å². The molecule has 0 saturated heterocycles. The van der Waals surface area contributed by atoms with E-state index in [1.54, 1.807) is 12.1 Å². The lowest BCUT2D eigenvalue weighted by Crippen LogP contribution is -2.28. The van der Waals surface area contributed by atoms with E-state index in [-0.39, 0.29) is 6.03 Å². The quantitative estimate of drug-likeness (QED) is 0.701. The molecule has 0 aliphatic heterocycles. The van der Waals surface area contributed by atoms with Gasteiger partial charge in [-0.2, -0.15) is 4.98 Å². The van der Waals surface area contributed by atoms with Crippen molar-refractivity contribution in [1.29, 1.82) is 0 Å². The molecule has 9 heteroatoms. The molecule has 3 aromatic rings. The van der Waals surface area contributed by atoms with Crippen molar-refractivity contribution in [2.24, 2.45) is 0 Å². The molecule has 2 N–H and O–H groups in total. The fourth-order valence-electron chi connectivity index (χ4n) is 2.08. The highest BCUT2D eigenvalue weighted by atomic mass is 32.1. The molecule has 2 amide bonds. The van der Waals surface area contributed by atoms with Crippen LogP contribution in [0.3, 0.4) is 0 Å².